The van der Waals surface area contributed by atoms with Crippen molar-refractivity contribution in [2.75, 3.05) is 26.2 Å². The fourth-order valence-corrected chi connectivity index (χ4v) is 3.99. The van der Waals surface area contributed by atoms with Gasteiger partial charge in [-0.05, 0) is 42.5 Å². The van der Waals surface area contributed by atoms with E-state index in [1.807, 2.05) is 56.3 Å². The number of hydrogen-bond acceptors (Lipinski definition) is 3. The lowest BCUT2D eigenvalue weighted by Gasteiger charge is -2.36. The molecule has 0 bridgehead atoms. The van der Waals surface area contributed by atoms with Gasteiger partial charge in [-0.3, -0.25) is 4.90 Å². The van der Waals surface area contributed by atoms with Gasteiger partial charge in [0.1, 0.15) is 12.4 Å². The summed E-state index contributed by atoms with van der Waals surface area (Å²) in [6.07, 6.45) is -4.84. The fourth-order valence-electron chi connectivity index (χ4n) is 3.99. The van der Waals surface area contributed by atoms with Crippen molar-refractivity contribution in [3.63, 3.8) is 0 Å². The number of hydrogen-bond donors (Lipinski definition) is 1. The molecule has 3 nitrogen and oxygen atoms in total. The Bertz CT molecular complexity index is 774. The van der Waals surface area contributed by atoms with E-state index in [2.05, 4.69) is 10.2 Å². The van der Waals surface area contributed by atoms with E-state index >= 15 is 0 Å². The third-order valence-electron chi connectivity index (χ3n) is 5.39. The van der Waals surface area contributed by atoms with Gasteiger partial charge in [-0.25, -0.2) is 0 Å². The van der Waals surface area contributed by atoms with Gasteiger partial charge in [0.2, 0.25) is 0 Å². The Morgan fingerprint density at radius 1 is 1.00 bits per heavy atom. The molecule has 1 aliphatic heterocycles. The van der Waals surface area contributed by atoms with Crippen LogP contribution in [0, 0.1) is 13.8 Å². The average Bonchev–Trinajstić information content (AvgIpc) is 2.68. The van der Waals surface area contributed by atoms with E-state index in [1.54, 1.807) is 0 Å². The van der Waals surface area contributed by atoms with Gasteiger partial charge in [0.25, 0.3) is 0 Å². The Morgan fingerprint density at radius 3 is 2.13 bits per heavy atom. The smallest absolute Gasteiger partial charge is 0.389 e. The van der Waals surface area contributed by atoms with E-state index in [4.69, 9.17) is 4.74 Å². The van der Waals surface area contributed by atoms with E-state index in [0.29, 0.717) is 6.61 Å². The number of benzene rings is 2. The molecule has 0 aliphatic carbocycles. The third kappa shape index (κ3) is 8.19. The number of piperazine rings is 1. The van der Waals surface area contributed by atoms with Gasteiger partial charge < -0.3 is 10.1 Å². The lowest BCUT2D eigenvalue weighted by Crippen LogP contribution is -2.45. The molecule has 8 heteroatoms. The molecule has 0 amide bonds. The van der Waals surface area contributed by atoms with Gasteiger partial charge >= 0.3 is 6.18 Å². The number of nitrogens with one attached hydrogen (secondary N) is 1. The highest BCUT2D eigenvalue weighted by Crippen LogP contribution is 2.35. The zero-order valence-electron chi connectivity index (χ0n) is 17.9. The standard InChI is InChI=1S/C23H29F3N2O.2ClH/c1-17-14-20(15-18(2)22(17)29-16-19-6-4-3-5-7-19)21(8-9-23(24,25)26)28-12-10-27-11-13-28;;/h3-7,14-15,21,27H,8-13,16H2,1-2H3;2*1H/t21-;;/m0../s1. The van der Waals surface area contributed by atoms with Crippen LogP contribution in [0.1, 0.15) is 41.1 Å². The second kappa shape index (κ2) is 12.5. The van der Waals surface area contributed by atoms with E-state index < -0.39 is 12.6 Å². The van der Waals surface area contributed by atoms with E-state index in [1.165, 1.54) is 0 Å². The summed E-state index contributed by atoms with van der Waals surface area (Å²) in [5.74, 6) is 0.812. The summed E-state index contributed by atoms with van der Waals surface area (Å²) in [5, 5.41) is 3.27. The van der Waals surface area contributed by atoms with Crippen LogP contribution in [0.5, 0.6) is 5.75 Å². The van der Waals surface area contributed by atoms with Crippen LogP contribution in [0.2, 0.25) is 0 Å². The quantitative estimate of drug-likeness (QED) is 0.526. The molecule has 0 radical (unpaired) electrons. The van der Waals surface area contributed by atoms with Crippen molar-refractivity contribution >= 4 is 24.8 Å². The summed E-state index contributed by atoms with van der Waals surface area (Å²) >= 11 is 0. The van der Waals surface area contributed by atoms with Crippen LogP contribution < -0.4 is 10.1 Å². The molecule has 1 heterocycles. The molecule has 1 fully saturated rings. The largest absolute Gasteiger partial charge is 0.488 e. The normalized spacial score (nSPS) is 15.5. The summed E-state index contributed by atoms with van der Waals surface area (Å²) in [6.45, 7) is 7.53. The van der Waals surface area contributed by atoms with Crippen molar-refractivity contribution in [1.29, 1.82) is 0 Å². The van der Waals surface area contributed by atoms with Gasteiger partial charge in [-0.1, -0.05) is 42.5 Å². The summed E-state index contributed by atoms with van der Waals surface area (Å²) in [6, 6.07) is 13.7. The predicted molar refractivity (Wildman–Crippen MR) is 124 cm³/mol. The van der Waals surface area contributed by atoms with E-state index in [9.17, 15) is 13.2 Å². The first-order valence-corrected chi connectivity index (χ1v) is 10.1. The minimum Gasteiger partial charge on any atom is -0.488 e. The number of halogens is 5. The molecule has 1 atom stereocenters. The molecular weight excluding hydrogens is 448 g/mol. The predicted octanol–water partition coefficient (Wildman–Crippen LogP) is 6.01. The molecule has 2 aromatic rings. The van der Waals surface area contributed by atoms with Crippen LogP contribution in [-0.4, -0.2) is 37.3 Å². The number of alkyl halides is 3. The van der Waals surface area contributed by atoms with Crippen molar-refractivity contribution in [3.05, 3.63) is 64.7 Å². The molecule has 31 heavy (non-hydrogen) atoms. The van der Waals surface area contributed by atoms with Crippen molar-refractivity contribution in [1.82, 2.24) is 10.2 Å². The molecule has 0 aromatic heterocycles. The zero-order chi connectivity index (χ0) is 20.9. The number of nitrogens with zero attached hydrogens (tertiary/aromatic N) is 1. The van der Waals surface area contributed by atoms with Crippen LogP contribution in [0.15, 0.2) is 42.5 Å². The molecule has 0 saturated carbocycles. The highest BCUT2D eigenvalue weighted by Gasteiger charge is 2.31. The lowest BCUT2D eigenvalue weighted by molar-refractivity contribution is -0.138. The number of ether oxygens (including phenoxy) is 1. The van der Waals surface area contributed by atoms with Gasteiger partial charge in [0.15, 0.2) is 0 Å². The molecule has 1 saturated heterocycles. The molecule has 3 rings (SSSR count). The Morgan fingerprint density at radius 2 is 1.58 bits per heavy atom. The van der Waals surface area contributed by atoms with Crippen LogP contribution in [0.25, 0.3) is 0 Å². The molecule has 2 aromatic carbocycles. The molecule has 1 N–H and O–H groups in total. The average molecular weight is 479 g/mol. The lowest BCUT2D eigenvalue weighted by atomic mass is 9.95. The van der Waals surface area contributed by atoms with Crippen molar-refractivity contribution < 1.29 is 17.9 Å². The van der Waals surface area contributed by atoms with Crippen molar-refractivity contribution in [3.8, 4) is 5.75 Å². The first-order valence-electron chi connectivity index (χ1n) is 10.1. The SMILES string of the molecule is Cc1cc([C@H](CCC(F)(F)F)N2CCNCC2)cc(C)c1OCc1ccccc1.Cl.Cl. The minimum atomic E-state index is -4.14. The Balaban J connectivity index is 0.00000240. The van der Waals surface area contributed by atoms with Crippen molar-refractivity contribution in [2.24, 2.45) is 0 Å². The van der Waals surface area contributed by atoms with Crippen LogP contribution in [-0.2, 0) is 6.61 Å². The monoisotopic (exact) mass is 478 g/mol. The maximum Gasteiger partial charge on any atom is 0.389 e. The topological polar surface area (TPSA) is 24.5 Å². The van der Waals surface area contributed by atoms with Gasteiger partial charge in [-0.15, -0.1) is 24.8 Å². The first kappa shape index (κ1) is 27.6. The van der Waals surface area contributed by atoms with Crippen molar-refractivity contribution in [2.45, 2.75) is 45.5 Å². The van der Waals surface area contributed by atoms with Crippen LogP contribution in [0.3, 0.4) is 0 Å². The summed E-state index contributed by atoms with van der Waals surface area (Å²) in [5.41, 5.74) is 3.95. The maximum absolute atomic E-state index is 12.9. The maximum atomic E-state index is 12.9. The molecule has 0 spiro atoms. The Labute approximate surface area is 195 Å². The summed E-state index contributed by atoms with van der Waals surface area (Å²) in [4.78, 5) is 2.17. The minimum absolute atomic E-state index is 0. The van der Waals surface area contributed by atoms with E-state index in [-0.39, 0.29) is 37.3 Å². The van der Waals surface area contributed by atoms with Gasteiger partial charge in [-0.2, -0.15) is 13.2 Å². The molecule has 174 valence electrons. The van der Waals surface area contributed by atoms with Gasteiger partial charge in [0, 0.05) is 38.6 Å². The second-order valence-corrected chi connectivity index (χ2v) is 7.71. The zero-order valence-corrected chi connectivity index (χ0v) is 19.5. The molecule has 1 aliphatic rings. The highest BCUT2D eigenvalue weighted by atomic mass is 35.5. The summed E-state index contributed by atoms with van der Waals surface area (Å²) in [7, 11) is 0. The molecule has 0 unspecified atom stereocenters. The fraction of sp³-hybridized carbons (Fsp3) is 0.478. The Hall–Kier alpha value is -1.47. The first-order chi connectivity index (χ1) is 13.8. The van der Waals surface area contributed by atoms with Crippen LogP contribution >= 0.6 is 24.8 Å². The van der Waals surface area contributed by atoms with E-state index in [0.717, 1.165) is 54.2 Å². The van der Waals surface area contributed by atoms with Crippen LogP contribution in [0.4, 0.5) is 13.2 Å². The van der Waals surface area contributed by atoms with Gasteiger partial charge in [0.05, 0.1) is 0 Å². The Kier molecular flexibility index (Phi) is 11.1. The highest BCUT2D eigenvalue weighted by molar-refractivity contribution is 5.85. The third-order valence-corrected chi connectivity index (χ3v) is 5.39. The number of rotatable bonds is 7. The molecular formula is C23H31Cl2F3N2O. The second-order valence-electron chi connectivity index (χ2n) is 7.71. The number of aryl methyl sites for hydroxylation is 2. The summed E-state index contributed by atoms with van der Waals surface area (Å²) < 4.78 is 44.8.